The van der Waals surface area contributed by atoms with Crippen LogP contribution in [0, 0.1) is 12.7 Å². The molecule has 2 amide bonds. The molecule has 0 radical (unpaired) electrons. The van der Waals surface area contributed by atoms with Crippen molar-refractivity contribution in [2.45, 2.75) is 51.2 Å². The van der Waals surface area contributed by atoms with E-state index in [2.05, 4.69) is 5.32 Å². The fourth-order valence-corrected chi connectivity index (χ4v) is 5.36. The maximum absolute atomic E-state index is 13.8. The summed E-state index contributed by atoms with van der Waals surface area (Å²) in [5.74, 6) is -1.45. The second kappa shape index (κ2) is 12.4. The second-order valence-corrected chi connectivity index (χ2v) is 11.6. The maximum atomic E-state index is 13.8. The third kappa shape index (κ3) is 7.33. The number of carbonyl (C=O) groups excluding carboxylic acids is 2. The number of halogens is 2. The zero-order valence-electron chi connectivity index (χ0n) is 21.7. The molecule has 10 heteroatoms. The summed E-state index contributed by atoms with van der Waals surface area (Å²) in [6.07, 6.45) is 0. The maximum Gasteiger partial charge on any atom is 0.264 e. The molecule has 0 heterocycles. The fraction of sp³-hybridized carbons (Fsp3) is 0.286. The Labute approximate surface area is 228 Å². The van der Waals surface area contributed by atoms with Crippen LogP contribution in [0.1, 0.15) is 31.9 Å². The summed E-state index contributed by atoms with van der Waals surface area (Å²) in [7, 11) is -4.18. The lowest BCUT2D eigenvalue weighted by Gasteiger charge is -2.32. The Morgan fingerprint density at radius 1 is 0.974 bits per heavy atom. The van der Waals surface area contributed by atoms with E-state index in [4.69, 9.17) is 11.6 Å². The van der Waals surface area contributed by atoms with E-state index in [1.807, 2.05) is 6.92 Å². The van der Waals surface area contributed by atoms with Crippen LogP contribution in [0.25, 0.3) is 0 Å². The van der Waals surface area contributed by atoms with Crippen LogP contribution in [0.4, 0.5) is 10.1 Å². The summed E-state index contributed by atoms with van der Waals surface area (Å²) < 4.78 is 42.0. The molecule has 38 heavy (non-hydrogen) atoms. The molecular formula is C28H31ClFN3O4S. The molecule has 1 N–H and O–H groups in total. The van der Waals surface area contributed by atoms with Gasteiger partial charge in [-0.1, -0.05) is 47.5 Å². The molecular weight excluding hydrogens is 529 g/mol. The number of carbonyl (C=O) groups is 2. The molecule has 7 nitrogen and oxygen atoms in total. The molecule has 3 aromatic carbocycles. The Bertz CT molecular complexity index is 1380. The summed E-state index contributed by atoms with van der Waals surface area (Å²) in [5, 5.41) is 3.08. The van der Waals surface area contributed by atoms with E-state index >= 15 is 0 Å². The van der Waals surface area contributed by atoms with Gasteiger partial charge < -0.3 is 10.2 Å². The van der Waals surface area contributed by atoms with Crippen molar-refractivity contribution in [1.82, 2.24) is 10.2 Å². The normalized spacial score (nSPS) is 12.2. The van der Waals surface area contributed by atoms with E-state index in [-0.39, 0.29) is 23.2 Å². The van der Waals surface area contributed by atoms with E-state index < -0.39 is 40.2 Å². The first-order valence-electron chi connectivity index (χ1n) is 12.1. The van der Waals surface area contributed by atoms with Gasteiger partial charge in [0.25, 0.3) is 10.0 Å². The summed E-state index contributed by atoms with van der Waals surface area (Å²) in [6, 6.07) is 16.9. The largest absolute Gasteiger partial charge is 0.352 e. The van der Waals surface area contributed by atoms with E-state index in [1.54, 1.807) is 51.1 Å². The lowest BCUT2D eigenvalue weighted by molar-refractivity contribution is -0.139. The lowest BCUT2D eigenvalue weighted by Crippen LogP contribution is -2.52. The minimum atomic E-state index is -4.18. The van der Waals surface area contributed by atoms with E-state index in [1.165, 1.54) is 47.4 Å². The summed E-state index contributed by atoms with van der Waals surface area (Å²) in [6.45, 7) is 6.39. The molecule has 0 aliphatic heterocycles. The minimum absolute atomic E-state index is 0.00607. The first-order chi connectivity index (χ1) is 17.9. The van der Waals surface area contributed by atoms with Crippen molar-refractivity contribution in [3.63, 3.8) is 0 Å². The standard InChI is InChI=1S/C28H31ClFN3O4S/c1-19(2)31-28(35)21(4)32(17-22-10-12-24(30)13-11-22)27(34)18-33(25-7-5-6-23(29)16-25)38(36,37)26-14-8-20(3)9-15-26/h5-16,19,21H,17-18H2,1-4H3,(H,31,35). The summed E-state index contributed by atoms with van der Waals surface area (Å²) >= 11 is 6.17. The average molecular weight is 560 g/mol. The van der Waals surface area contributed by atoms with Crippen molar-refractivity contribution in [3.05, 3.63) is 94.8 Å². The van der Waals surface area contributed by atoms with Gasteiger partial charge in [0, 0.05) is 17.6 Å². The highest BCUT2D eigenvalue weighted by molar-refractivity contribution is 7.92. The van der Waals surface area contributed by atoms with E-state index in [9.17, 15) is 22.4 Å². The number of benzene rings is 3. The number of nitrogens with zero attached hydrogens (tertiary/aromatic N) is 2. The van der Waals surface area contributed by atoms with Crippen molar-refractivity contribution in [2.75, 3.05) is 10.8 Å². The van der Waals surface area contributed by atoms with Gasteiger partial charge in [-0.2, -0.15) is 0 Å². The fourth-order valence-electron chi connectivity index (χ4n) is 3.77. The third-order valence-electron chi connectivity index (χ3n) is 5.85. The van der Waals surface area contributed by atoms with Gasteiger partial charge in [0.05, 0.1) is 10.6 Å². The molecule has 0 aliphatic rings. The Morgan fingerprint density at radius 3 is 2.18 bits per heavy atom. The third-order valence-corrected chi connectivity index (χ3v) is 7.87. The van der Waals surface area contributed by atoms with Crippen LogP contribution in [0.15, 0.2) is 77.7 Å². The quantitative estimate of drug-likeness (QED) is 0.382. The molecule has 202 valence electrons. The van der Waals surface area contributed by atoms with Crippen LogP contribution in [0.2, 0.25) is 5.02 Å². The lowest BCUT2D eigenvalue weighted by atomic mass is 10.1. The van der Waals surface area contributed by atoms with Crippen molar-refractivity contribution >= 4 is 39.1 Å². The molecule has 3 aromatic rings. The van der Waals surface area contributed by atoms with Crippen LogP contribution in [-0.2, 0) is 26.2 Å². The second-order valence-electron chi connectivity index (χ2n) is 9.29. The summed E-state index contributed by atoms with van der Waals surface area (Å²) in [5.41, 5.74) is 1.66. The molecule has 1 atom stereocenters. The minimum Gasteiger partial charge on any atom is -0.352 e. The Morgan fingerprint density at radius 2 is 1.61 bits per heavy atom. The highest BCUT2D eigenvalue weighted by Crippen LogP contribution is 2.27. The number of nitrogens with one attached hydrogen (secondary N) is 1. The summed E-state index contributed by atoms with van der Waals surface area (Å²) in [4.78, 5) is 28.0. The highest BCUT2D eigenvalue weighted by Gasteiger charge is 2.32. The monoisotopic (exact) mass is 559 g/mol. The number of hydrogen-bond acceptors (Lipinski definition) is 4. The van der Waals surface area contributed by atoms with Crippen molar-refractivity contribution in [2.24, 2.45) is 0 Å². The molecule has 0 fully saturated rings. The van der Waals surface area contributed by atoms with E-state index in [0.29, 0.717) is 10.6 Å². The molecule has 0 spiro atoms. The molecule has 1 unspecified atom stereocenters. The number of hydrogen-bond donors (Lipinski definition) is 1. The van der Waals surface area contributed by atoms with Crippen LogP contribution < -0.4 is 9.62 Å². The van der Waals surface area contributed by atoms with Crippen LogP contribution in [0.3, 0.4) is 0 Å². The number of anilines is 1. The average Bonchev–Trinajstić information content (AvgIpc) is 2.86. The molecule has 0 aliphatic carbocycles. The van der Waals surface area contributed by atoms with Crippen LogP contribution >= 0.6 is 11.6 Å². The van der Waals surface area contributed by atoms with E-state index in [0.717, 1.165) is 9.87 Å². The van der Waals surface area contributed by atoms with Crippen LogP contribution in [-0.4, -0.2) is 43.8 Å². The smallest absolute Gasteiger partial charge is 0.264 e. The van der Waals surface area contributed by atoms with Gasteiger partial charge in [-0.3, -0.25) is 13.9 Å². The number of amides is 2. The van der Waals surface area contributed by atoms with Gasteiger partial charge in [-0.05, 0) is 75.7 Å². The predicted molar refractivity (Wildman–Crippen MR) is 147 cm³/mol. The van der Waals surface area contributed by atoms with Gasteiger partial charge >= 0.3 is 0 Å². The molecule has 0 saturated carbocycles. The molecule has 0 bridgehead atoms. The Hall–Kier alpha value is -3.43. The molecule has 0 aromatic heterocycles. The zero-order chi connectivity index (χ0) is 28.0. The SMILES string of the molecule is Cc1ccc(S(=O)(=O)N(CC(=O)N(Cc2ccc(F)cc2)C(C)C(=O)NC(C)C)c2cccc(Cl)c2)cc1. The zero-order valence-corrected chi connectivity index (χ0v) is 23.3. The Balaban J connectivity index is 2.03. The van der Waals surface area contributed by atoms with Crippen LogP contribution in [0.5, 0.6) is 0 Å². The van der Waals surface area contributed by atoms with Gasteiger partial charge in [0.2, 0.25) is 11.8 Å². The first kappa shape index (κ1) is 29.1. The van der Waals surface area contributed by atoms with Crippen molar-refractivity contribution < 1.29 is 22.4 Å². The van der Waals surface area contributed by atoms with Crippen molar-refractivity contribution in [3.8, 4) is 0 Å². The Kier molecular flexibility index (Phi) is 9.51. The predicted octanol–water partition coefficient (Wildman–Crippen LogP) is 4.92. The number of rotatable bonds is 10. The van der Waals surface area contributed by atoms with Gasteiger partial charge in [-0.25, -0.2) is 12.8 Å². The topological polar surface area (TPSA) is 86.8 Å². The number of sulfonamides is 1. The number of aryl methyl sites for hydroxylation is 1. The first-order valence-corrected chi connectivity index (χ1v) is 13.9. The molecule has 0 saturated heterocycles. The van der Waals surface area contributed by atoms with Gasteiger partial charge in [-0.15, -0.1) is 0 Å². The van der Waals surface area contributed by atoms with Gasteiger partial charge in [0.1, 0.15) is 18.4 Å². The van der Waals surface area contributed by atoms with Gasteiger partial charge in [0.15, 0.2) is 0 Å². The highest BCUT2D eigenvalue weighted by atomic mass is 35.5. The molecule has 3 rings (SSSR count). The van der Waals surface area contributed by atoms with Crippen molar-refractivity contribution in [1.29, 1.82) is 0 Å².